The summed E-state index contributed by atoms with van der Waals surface area (Å²) in [6.45, 7) is 5.18. The minimum Gasteiger partial charge on any atom is -0.444 e. The lowest BCUT2D eigenvalue weighted by atomic mass is 10.1. The van der Waals surface area contributed by atoms with Crippen molar-refractivity contribution in [1.29, 1.82) is 0 Å². The third-order valence-electron chi connectivity index (χ3n) is 2.18. The summed E-state index contributed by atoms with van der Waals surface area (Å²) in [4.78, 5) is 21.6. The molecule has 0 fully saturated rings. The highest BCUT2D eigenvalue weighted by Gasteiger charge is 2.16. The van der Waals surface area contributed by atoms with E-state index < -0.39 is 17.5 Å². The van der Waals surface area contributed by atoms with E-state index in [1.54, 1.807) is 20.8 Å². The molecule has 1 aromatic rings. The van der Waals surface area contributed by atoms with Crippen molar-refractivity contribution in [2.75, 3.05) is 0 Å². The molecule has 5 nitrogen and oxygen atoms in total. The molecule has 0 atom stereocenters. The van der Waals surface area contributed by atoms with Crippen molar-refractivity contribution in [3.8, 4) is 0 Å². The number of rotatable bonds is 4. The molecule has 0 bridgehead atoms. The molecule has 0 heterocycles. The van der Waals surface area contributed by atoms with Gasteiger partial charge >= 0.3 is 6.09 Å². The summed E-state index contributed by atoms with van der Waals surface area (Å²) in [5, 5.41) is 5.19. The third-order valence-corrected chi connectivity index (χ3v) is 2.18. The summed E-state index contributed by atoms with van der Waals surface area (Å²) in [5.74, 6) is -0.453. The molecule has 1 amide bonds. The zero-order chi connectivity index (χ0) is 14.5. The maximum absolute atomic E-state index is 13.5. The quantitative estimate of drug-likeness (QED) is 0.853. The molecule has 0 spiro atoms. The number of nitroso groups, excluding NO2 is 1. The van der Waals surface area contributed by atoms with Crippen LogP contribution in [-0.4, -0.2) is 11.7 Å². The first-order valence-electron chi connectivity index (χ1n) is 5.85. The summed E-state index contributed by atoms with van der Waals surface area (Å²) in [6, 6.07) is 4.22. The predicted octanol–water partition coefficient (Wildman–Crippen LogP) is 3.12. The molecule has 0 unspecified atom stereocenters. The highest BCUT2D eigenvalue weighted by molar-refractivity contribution is 5.67. The van der Waals surface area contributed by atoms with Crippen LogP contribution in [0.1, 0.15) is 31.9 Å². The predicted molar refractivity (Wildman–Crippen MR) is 69.0 cm³/mol. The smallest absolute Gasteiger partial charge is 0.407 e. The molecule has 1 aromatic carbocycles. The monoisotopic (exact) mass is 268 g/mol. The van der Waals surface area contributed by atoms with Crippen LogP contribution in [0.5, 0.6) is 0 Å². The fourth-order valence-electron chi connectivity index (χ4n) is 1.42. The van der Waals surface area contributed by atoms with Crippen LogP contribution in [-0.2, 0) is 17.8 Å². The zero-order valence-electron chi connectivity index (χ0n) is 11.2. The van der Waals surface area contributed by atoms with Gasteiger partial charge in [0.25, 0.3) is 0 Å². The van der Waals surface area contributed by atoms with Crippen LogP contribution in [0.2, 0.25) is 0 Å². The van der Waals surface area contributed by atoms with Gasteiger partial charge in [-0.1, -0.05) is 11.2 Å². The standard InChI is InChI=1S/C13H17FN2O3/c1-13(2,3)19-12(17)15-8-10-6-9(7-16-18)4-5-11(10)14/h4-6H,7-8H2,1-3H3,(H,15,17). The number of alkyl carbamates (subject to hydrolysis) is 1. The number of carbonyl (C=O) groups excluding carboxylic acids is 1. The van der Waals surface area contributed by atoms with E-state index in [1.807, 2.05) is 0 Å². The first-order valence-corrected chi connectivity index (χ1v) is 5.85. The molecule has 0 aliphatic heterocycles. The van der Waals surface area contributed by atoms with Crippen molar-refractivity contribution < 1.29 is 13.9 Å². The number of carbonyl (C=O) groups is 1. The fraction of sp³-hybridized carbons (Fsp3) is 0.462. The Labute approximate surface area is 111 Å². The first kappa shape index (κ1) is 15.1. The van der Waals surface area contributed by atoms with Gasteiger partial charge in [-0.05, 0) is 38.5 Å². The van der Waals surface area contributed by atoms with Crippen molar-refractivity contribution in [3.05, 3.63) is 40.1 Å². The normalized spacial score (nSPS) is 10.9. The largest absolute Gasteiger partial charge is 0.444 e. The van der Waals surface area contributed by atoms with Gasteiger partial charge in [-0.25, -0.2) is 9.18 Å². The Balaban J connectivity index is 2.64. The van der Waals surface area contributed by atoms with Crippen LogP contribution in [0, 0.1) is 10.7 Å². The molecule has 19 heavy (non-hydrogen) atoms. The van der Waals surface area contributed by atoms with Crippen molar-refractivity contribution in [2.24, 2.45) is 5.18 Å². The molecular formula is C13H17FN2O3. The van der Waals surface area contributed by atoms with E-state index in [2.05, 4.69) is 10.5 Å². The summed E-state index contributed by atoms with van der Waals surface area (Å²) >= 11 is 0. The Morgan fingerprint density at radius 2 is 2.11 bits per heavy atom. The molecule has 0 aliphatic rings. The number of hydrogen-bond donors (Lipinski definition) is 1. The van der Waals surface area contributed by atoms with E-state index in [9.17, 15) is 14.1 Å². The second-order valence-corrected chi connectivity index (χ2v) is 5.07. The Kier molecular flexibility index (Phi) is 4.97. The lowest BCUT2D eigenvalue weighted by Crippen LogP contribution is -2.32. The molecule has 0 saturated heterocycles. The summed E-state index contributed by atoms with van der Waals surface area (Å²) in [7, 11) is 0. The van der Waals surface area contributed by atoms with E-state index in [4.69, 9.17) is 4.74 Å². The zero-order valence-corrected chi connectivity index (χ0v) is 11.2. The van der Waals surface area contributed by atoms with Gasteiger partial charge in [-0.15, -0.1) is 0 Å². The van der Waals surface area contributed by atoms with Crippen molar-refractivity contribution >= 4 is 6.09 Å². The van der Waals surface area contributed by atoms with E-state index in [1.165, 1.54) is 18.2 Å². The van der Waals surface area contributed by atoms with Crippen LogP contribution in [0.15, 0.2) is 23.4 Å². The highest BCUT2D eigenvalue weighted by Crippen LogP contribution is 2.12. The number of nitrogens with one attached hydrogen (secondary N) is 1. The molecule has 0 aromatic heterocycles. The minimum atomic E-state index is -0.620. The molecule has 0 aliphatic carbocycles. The van der Waals surface area contributed by atoms with Gasteiger partial charge in [0.1, 0.15) is 18.0 Å². The molecule has 6 heteroatoms. The molecule has 104 valence electrons. The summed E-state index contributed by atoms with van der Waals surface area (Å²) in [6.07, 6.45) is -0.620. The Morgan fingerprint density at radius 1 is 1.42 bits per heavy atom. The second kappa shape index (κ2) is 6.26. The van der Waals surface area contributed by atoms with Gasteiger partial charge in [0.05, 0.1) is 0 Å². The van der Waals surface area contributed by atoms with Crippen LogP contribution in [0.25, 0.3) is 0 Å². The number of halogens is 1. The van der Waals surface area contributed by atoms with Crippen LogP contribution in [0.4, 0.5) is 9.18 Å². The molecular weight excluding hydrogens is 251 g/mol. The average Bonchev–Trinajstić information content (AvgIpc) is 2.28. The number of amides is 1. The van der Waals surface area contributed by atoms with E-state index in [0.717, 1.165) is 0 Å². The highest BCUT2D eigenvalue weighted by atomic mass is 19.1. The van der Waals surface area contributed by atoms with E-state index >= 15 is 0 Å². The van der Waals surface area contributed by atoms with Crippen molar-refractivity contribution in [2.45, 2.75) is 39.5 Å². The summed E-state index contributed by atoms with van der Waals surface area (Å²) < 4.78 is 18.5. The van der Waals surface area contributed by atoms with Crippen LogP contribution in [0.3, 0.4) is 0 Å². The lowest BCUT2D eigenvalue weighted by Gasteiger charge is -2.19. The maximum atomic E-state index is 13.5. The molecule has 1 N–H and O–H groups in total. The average molecular weight is 268 g/mol. The van der Waals surface area contributed by atoms with Gasteiger partial charge < -0.3 is 10.1 Å². The lowest BCUT2D eigenvalue weighted by molar-refractivity contribution is 0.0523. The van der Waals surface area contributed by atoms with Crippen LogP contribution < -0.4 is 5.32 Å². The fourth-order valence-corrected chi connectivity index (χ4v) is 1.42. The number of benzene rings is 1. The summed E-state index contributed by atoms with van der Waals surface area (Å²) in [5.41, 5.74) is 0.274. The van der Waals surface area contributed by atoms with Gasteiger partial charge in [0, 0.05) is 12.1 Å². The SMILES string of the molecule is CC(C)(C)OC(=O)NCc1cc(CN=O)ccc1F. The first-order chi connectivity index (χ1) is 8.81. The molecule has 0 saturated carbocycles. The van der Waals surface area contributed by atoms with Crippen LogP contribution >= 0.6 is 0 Å². The molecule has 1 rings (SSSR count). The van der Waals surface area contributed by atoms with Gasteiger partial charge in [0.2, 0.25) is 0 Å². The van der Waals surface area contributed by atoms with Gasteiger partial charge in [-0.3, -0.25) is 0 Å². The Bertz CT molecular complexity index is 469. The van der Waals surface area contributed by atoms with E-state index in [-0.39, 0.29) is 18.7 Å². The number of nitrogens with zero attached hydrogens (tertiary/aromatic N) is 1. The maximum Gasteiger partial charge on any atom is 0.407 e. The van der Waals surface area contributed by atoms with Crippen molar-refractivity contribution in [1.82, 2.24) is 5.32 Å². The molecule has 0 radical (unpaired) electrons. The second-order valence-electron chi connectivity index (χ2n) is 5.07. The minimum absolute atomic E-state index is 0.00650. The van der Waals surface area contributed by atoms with Gasteiger partial charge in [0.15, 0.2) is 0 Å². The Hall–Kier alpha value is -1.98. The topological polar surface area (TPSA) is 67.8 Å². The number of ether oxygens (including phenoxy) is 1. The third kappa shape index (κ3) is 5.46. The number of hydrogen-bond acceptors (Lipinski definition) is 4. The Morgan fingerprint density at radius 3 is 2.68 bits per heavy atom. The van der Waals surface area contributed by atoms with Gasteiger partial charge in [-0.2, -0.15) is 4.91 Å². The van der Waals surface area contributed by atoms with Crippen molar-refractivity contribution in [3.63, 3.8) is 0 Å². The van der Waals surface area contributed by atoms with E-state index in [0.29, 0.717) is 5.56 Å².